The lowest BCUT2D eigenvalue weighted by Gasteiger charge is -2.24. The predicted octanol–water partition coefficient (Wildman–Crippen LogP) is 0.792. The summed E-state index contributed by atoms with van der Waals surface area (Å²) >= 11 is 5.17. The Morgan fingerprint density at radius 3 is 2.54 bits per heavy atom. The van der Waals surface area contributed by atoms with E-state index in [0.717, 1.165) is 24.7 Å². The highest BCUT2D eigenvalue weighted by atomic mass is 32.1. The summed E-state index contributed by atoms with van der Waals surface area (Å²) in [6, 6.07) is 1.07. The summed E-state index contributed by atoms with van der Waals surface area (Å²) in [4.78, 5) is 0. The van der Waals surface area contributed by atoms with E-state index in [4.69, 9.17) is 17.0 Å². The SMILES string of the molecule is S=C(NC1CC1)N[C@@H]1CCCOC1. The molecule has 0 aromatic heterocycles. The molecule has 1 saturated heterocycles. The number of ether oxygens (including phenoxy) is 1. The van der Waals surface area contributed by atoms with Gasteiger partial charge in [0.1, 0.15) is 0 Å². The van der Waals surface area contributed by atoms with Crippen LogP contribution < -0.4 is 10.6 Å². The molecule has 74 valence electrons. The maximum atomic E-state index is 5.35. The van der Waals surface area contributed by atoms with Crippen molar-refractivity contribution < 1.29 is 4.74 Å². The first-order chi connectivity index (χ1) is 6.34. The fourth-order valence-electron chi connectivity index (χ4n) is 1.49. The van der Waals surface area contributed by atoms with Gasteiger partial charge in [0.25, 0.3) is 0 Å². The van der Waals surface area contributed by atoms with Crippen molar-refractivity contribution in [3.8, 4) is 0 Å². The lowest BCUT2D eigenvalue weighted by atomic mass is 10.1. The molecule has 0 spiro atoms. The summed E-state index contributed by atoms with van der Waals surface area (Å²) in [7, 11) is 0. The van der Waals surface area contributed by atoms with Crippen molar-refractivity contribution in [3.63, 3.8) is 0 Å². The molecular weight excluding hydrogens is 184 g/mol. The number of hydrogen-bond donors (Lipinski definition) is 2. The summed E-state index contributed by atoms with van der Waals surface area (Å²) in [6.07, 6.45) is 4.85. The molecule has 0 amide bonds. The van der Waals surface area contributed by atoms with Crippen LogP contribution in [0.1, 0.15) is 25.7 Å². The molecular formula is C9H16N2OS. The Kier molecular flexibility index (Phi) is 3.01. The van der Waals surface area contributed by atoms with Gasteiger partial charge < -0.3 is 15.4 Å². The second kappa shape index (κ2) is 4.24. The molecule has 3 nitrogen and oxygen atoms in total. The van der Waals surface area contributed by atoms with Crippen LogP contribution in [0.5, 0.6) is 0 Å². The molecule has 1 heterocycles. The van der Waals surface area contributed by atoms with E-state index in [9.17, 15) is 0 Å². The summed E-state index contributed by atoms with van der Waals surface area (Å²) in [5, 5.41) is 7.36. The average molecular weight is 200 g/mol. The van der Waals surface area contributed by atoms with Gasteiger partial charge >= 0.3 is 0 Å². The third kappa shape index (κ3) is 3.12. The highest BCUT2D eigenvalue weighted by Gasteiger charge is 2.23. The van der Waals surface area contributed by atoms with Crippen molar-refractivity contribution in [2.75, 3.05) is 13.2 Å². The molecule has 1 saturated carbocycles. The van der Waals surface area contributed by atoms with E-state index in [2.05, 4.69) is 10.6 Å². The van der Waals surface area contributed by atoms with Crippen molar-refractivity contribution in [1.82, 2.24) is 10.6 Å². The first-order valence-electron chi connectivity index (χ1n) is 4.99. The maximum Gasteiger partial charge on any atom is 0.166 e. The molecule has 2 N–H and O–H groups in total. The van der Waals surface area contributed by atoms with Gasteiger partial charge in [0, 0.05) is 12.6 Å². The number of thiocarbonyl (C=S) groups is 1. The van der Waals surface area contributed by atoms with Crippen molar-refractivity contribution in [3.05, 3.63) is 0 Å². The van der Waals surface area contributed by atoms with Crippen LogP contribution in [0.25, 0.3) is 0 Å². The van der Waals surface area contributed by atoms with Gasteiger partial charge in [-0.1, -0.05) is 0 Å². The highest BCUT2D eigenvalue weighted by Crippen LogP contribution is 2.18. The smallest absolute Gasteiger partial charge is 0.166 e. The van der Waals surface area contributed by atoms with Crippen LogP contribution in [-0.2, 0) is 4.74 Å². The number of hydrogen-bond acceptors (Lipinski definition) is 2. The van der Waals surface area contributed by atoms with E-state index < -0.39 is 0 Å². The zero-order valence-corrected chi connectivity index (χ0v) is 8.53. The van der Waals surface area contributed by atoms with Gasteiger partial charge in [-0.05, 0) is 37.9 Å². The van der Waals surface area contributed by atoms with Crippen molar-refractivity contribution in [2.45, 2.75) is 37.8 Å². The third-order valence-electron chi connectivity index (χ3n) is 2.41. The van der Waals surface area contributed by atoms with Gasteiger partial charge in [-0.3, -0.25) is 0 Å². The third-order valence-corrected chi connectivity index (χ3v) is 2.64. The van der Waals surface area contributed by atoms with Gasteiger partial charge in [0.2, 0.25) is 0 Å². The van der Waals surface area contributed by atoms with Crippen LogP contribution in [-0.4, -0.2) is 30.4 Å². The fraction of sp³-hybridized carbons (Fsp3) is 0.889. The van der Waals surface area contributed by atoms with E-state index in [1.165, 1.54) is 19.3 Å². The molecule has 0 bridgehead atoms. The van der Waals surface area contributed by atoms with Crippen molar-refractivity contribution >= 4 is 17.3 Å². The van der Waals surface area contributed by atoms with Gasteiger partial charge in [-0.25, -0.2) is 0 Å². The van der Waals surface area contributed by atoms with Crippen molar-refractivity contribution in [2.24, 2.45) is 0 Å². The normalized spacial score (nSPS) is 28.2. The molecule has 2 fully saturated rings. The quantitative estimate of drug-likeness (QED) is 0.646. The van der Waals surface area contributed by atoms with E-state index in [0.29, 0.717) is 12.1 Å². The Hall–Kier alpha value is -0.350. The molecule has 1 aliphatic carbocycles. The predicted molar refractivity (Wildman–Crippen MR) is 55.7 cm³/mol. The summed E-state index contributed by atoms with van der Waals surface area (Å²) in [5.74, 6) is 0. The molecule has 4 heteroatoms. The Bertz CT molecular complexity index is 188. The lowest BCUT2D eigenvalue weighted by Crippen LogP contribution is -2.46. The lowest BCUT2D eigenvalue weighted by molar-refractivity contribution is 0.0763. The average Bonchev–Trinajstić information content (AvgIpc) is 2.90. The molecule has 0 aromatic rings. The monoisotopic (exact) mass is 200 g/mol. The standard InChI is InChI=1S/C9H16N2OS/c13-9(10-7-3-4-7)11-8-2-1-5-12-6-8/h7-8H,1-6H2,(H2,10,11,13)/t8-/m1/s1. The second-order valence-corrected chi connectivity index (χ2v) is 4.21. The molecule has 13 heavy (non-hydrogen) atoms. The first-order valence-corrected chi connectivity index (χ1v) is 5.40. The maximum absolute atomic E-state index is 5.35. The minimum atomic E-state index is 0.424. The molecule has 0 unspecified atom stereocenters. The van der Waals surface area contributed by atoms with Gasteiger partial charge in [-0.15, -0.1) is 0 Å². The number of nitrogens with one attached hydrogen (secondary N) is 2. The van der Waals surface area contributed by atoms with Gasteiger partial charge in [-0.2, -0.15) is 0 Å². The summed E-state index contributed by atoms with van der Waals surface area (Å²) in [6.45, 7) is 1.70. The number of rotatable bonds is 2. The summed E-state index contributed by atoms with van der Waals surface area (Å²) < 4.78 is 5.35. The van der Waals surface area contributed by atoms with E-state index in [1.807, 2.05) is 0 Å². The van der Waals surface area contributed by atoms with Crippen LogP contribution in [0.3, 0.4) is 0 Å². The van der Waals surface area contributed by atoms with E-state index >= 15 is 0 Å². The van der Waals surface area contributed by atoms with Crippen LogP contribution in [0, 0.1) is 0 Å². The molecule has 1 atom stereocenters. The van der Waals surface area contributed by atoms with Crippen molar-refractivity contribution in [1.29, 1.82) is 0 Å². The Morgan fingerprint density at radius 2 is 1.92 bits per heavy atom. The first kappa shape index (κ1) is 9.21. The minimum absolute atomic E-state index is 0.424. The Balaban J connectivity index is 1.66. The molecule has 1 aliphatic heterocycles. The van der Waals surface area contributed by atoms with Crippen LogP contribution >= 0.6 is 12.2 Å². The molecule has 0 radical (unpaired) electrons. The van der Waals surface area contributed by atoms with Gasteiger partial charge in [0.15, 0.2) is 5.11 Å². The minimum Gasteiger partial charge on any atom is -0.379 e. The van der Waals surface area contributed by atoms with E-state index in [1.54, 1.807) is 0 Å². The topological polar surface area (TPSA) is 33.3 Å². The molecule has 2 aliphatic rings. The fourth-order valence-corrected chi connectivity index (χ4v) is 1.83. The largest absolute Gasteiger partial charge is 0.379 e. The second-order valence-electron chi connectivity index (χ2n) is 3.81. The van der Waals surface area contributed by atoms with E-state index in [-0.39, 0.29) is 0 Å². The van der Waals surface area contributed by atoms with Crippen LogP contribution in [0.15, 0.2) is 0 Å². The molecule has 0 aromatic carbocycles. The molecule has 2 rings (SSSR count). The van der Waals surface area contributed by atoms with Gasteiger partial charge in [0.05, 0.1) is 12.6 Å². The zero-order chi connectivity index (χ0) is 9.10. The highest BCUT2D eigenvalue weighted by molar-refractivity contribution is 7.80. The van der Waals surface area contributed by atoms with Crippen LogP contribution in [0.4, 0.5) is 0 Å². The Morgan fingerprint density at radius 1 is 1.15 bits per heavy atom. The summed E-state index contributed by atoms with van der Waals surface area (Å²) in [5.41, 5.74) is 0. The van der Waals surface area contributed by atoms with Crippen LogP contribution in [0.2, 0.25) is 0 Å². The zero-order valence-electron chi connectivity index (χ0n) is 7.71. The Labute approximate surface area is 84.2 Å².